The standard InChI is InChI=1S/C23H28FN7O/c1-4-11-27-21-18(8-6-5-7-12-28-22(32)16(2)26-3)15-29-23(31-21)30-19-10-9-17(14-25)20(24)13-19/h9-10,13,15-16,26H,4-5,7,11-12H2,1-3H3,(H,28,32)(H2,27,29,30,31)/t16-/m0/s1. The van der Waals surface area contributed by atoms with Crippen molar-refractivity contribution in [2.75, 3.05) is 30.8 Å². The van der Waals surface area contributed by atoms with Crippen molar-refractivity contribution in [3.63, 3.8) is 0 Å². The van der Waals surface area contributed by atoms with Gasteiger partial charge in [0.05, 0.1) is 23.4 Å². The molecule has 0 spiro atoms. The monoisotopic (exact) mass is 437 g/mol. The third kappa shape index (κ3) is 7.53. The fourth-order valence-corrected chi connectivity index (χ4v) is 2.55. The van der Waals surface area contributed by atoms with Crippen molar-refractivity contribution in [2.24, 2.45) is 0 Å². The van der Waals surface area contributed by atoms with Crippen molar-refractivity contribution in [3.05, 3.63) is 41.3 Å². The predicted molar refractivity (Wildman–Crippen MR) is 123 cm³/mol. The number of amides is 1. The fourth-order valence-electron chi connectivity index (χ4n) is 2.55. The number of halogens is 1. The van der Waals surface area contributed by atoms with Gasteiger partial charge in [0.2, 0.25) is 11.9 Å². The number of aromatic nitrogens is 2. The quantitative estimate of drug-likeness (QED) is 0.334. The summed E-state index contributed by atoms with van der Waals surface area (Å²) >= 11 is 0. The molecule has 1 heterocycles. The second kappa shape index (κ2) is 12.9. The summed E-state index contributed by atoms with van der Waals surface area (Å²) in [5, 5.41) is 20.8. The van der Waals surface area contributed by atoms with E-state index >= 15 is 0 Å². The maximum Gasteiger partial charge on any atom is 0.236 e. The zero-order valence-electron chi connectivity index (χ0n) is 18.6. The highest BCUT2D eigenvalue weighted by atomic mass is 19.1. The van der Waals surface area contributed by atoms with Gasteiger partial charge in [-0.05, 0) is 45.0 Å². The Kier molecular flexibility index (Phi) is 9.89. The third-order valence-corrected chi connectivity index (χ3v) is 4.50. The van der Waals surface area contributed by atoms with Crippen LogP contribution in [0.3, 0.4) is 0 Å². The van der Waals surface area contributed by atoms with Crippen molar-refractivity contribution in [1.29, 1.82) is 5.26 Å². The number of nitrogens with zero attached hydrogens (tertiary/aromatic N) is 3. The second-order valence-electron chi connectivity index (χ2n) is 7.02. The molecule has 8 nitrogen and oxygen atoms in total. The minimum absolute atomic E-state index is 0.0245. The summed E-state index contributed by atoms with van der Waals surface area (Å²) in [6, 6.07) is 5.78. The first kappa shape index (κ1) is 24.6. The van der Waals surface area contributed by atoms with Gasteiger partial charge in [0.15, 0.2) is 0 Å². The molecule has 0 aliphatic carbocycles. The highest BCUT2D eigenvalue weighted by molar-refractivity contribution is 5.81. The van der Waals surface area contributed by atoms with Gasteiger partial charge in [-0.2, -0.15) is 10.2 Å². The van der Waals surface area contributed by atoms with Crippen LogP contribution < -0.4 is 21.3 Å². The van der Waals surface area contributed by atoms with E-state index in [0.29, 0.717) is 42.5 Å². The van der Waals surface area contributed by atoms with Gasteiger partial charge in [0, 0.05) is 25.2 Å². The van der Waals surface area contributed by atoms with Crippen LogP contribution in [0.25, 0.3) is 0 Å². The van der Waals surface area contributed by atoms with E-state index in [1.807, 2.05) is 6.92 Å². The average Bonchev–Trinajstić information content (AvgIpc) is 2.80. The number of nitriles is 1. The lowest BCUT2D eigenvalue weighted by atomic mass is 10.2. The number of unbranched alkanes of at least 4 members (excludes halogenated alkanes) is 1. The first-order chi connectivity index (χ1) is 15.5. The molecule has 1 aromatic carbocycles. The number of rotatable bonds is 10. The van der Waals surface area contributed by atoms with E-state index in [9.17, 15) is 9.18 Å². The fraction of sp³-hybridized carbons (Fsp3) is 0.391. The lowest BCUT2D eigenvalue weighted by Gasteiger charge is -2.10. The van der Waals surface area contributed by atoms with E-state index in [-0.39, 0.29) is 17.5 Å². The molecule has 1 aromatic heterocycles. The van der Waals surface area contributed by atoms with Gasteiger partial charge in [-0.1, -0.05) is 18.8 Å². The van der Waals surface area contributed by atoms with Gasteiger partial charge in [0.1, 0.15) is 17.7 Å². The van der Waals surface area contributed by atoms with E-state index in [2.05, 4.69) is 43.1 Å². The van der Waals surface area contributed by atoms with Crippen LogP contribution in [0.1, 0.15) is 44.2 Å². The van der Waals surface area contributed by atoms with E-state index < -0.39 is 5.82 Å². The zero-order chi connectivity index (χ0) is 23.3. The van der Waals surface area contributed by atoms with Crippen LogP contribution >= 0.6 is 0 Å². The van der Waals surface area contributed by atoms with E-state index in [4.69, 9.17) is 5.26 Å². The molecule has 1 amide bonds. The Labute approximate surface area is 188 Å². The van der Waals surface area contributed by atoms with Crippen molar-refractivity contribution in [2.45, 2.75) is 39.2 Å². The molecule has 168 valence electrons. The Bertz CT molecular complexity index is 1020. The summed E-state index contributed by atoms with van der Waals surface area (Å²) < 4.78 is 13.8. The van der Waals surface area contributed by atoms with Gasteiger partial charge < -0.3 is 21.3 Å². The summed E-state index contributed by atoms with van der Waals surface area (Å²) in [7, 11) is 1.74. The zero-order valence-corrected chi connectivity index (χ0v) is 18.6. The van der Waals surface area contributed by atoms with Gasteiger partial charge in [0.25, 0.3) is 0 Å². The van der Waals surface area contributed by atoms with Crippen molar-refractivity contribution in [1.82, 2.24) is 20.6 Å². The van der Waals surface area contributed by atoms with Crippen LogP contribution in [0.2, 0.25) is 0 Å². The largest absolute Gasteiger partial charge is 0.369 e. The Morgan fingerprint density at radius 2 is 2.09 bits per heavy atom. The first-order valence-corrected chi connectivity index (χ1v) is 10.5. The Morgan fingerprint density at radius 1 is 1.28 bits per heavy atom. The molecule has 0 saturated heterocycles. The van der Waals surface area contributed by atoms with Crippen LogP contribution in [-0.2, 0) is 4.79 Å². The minimum Gasteiger partial charge on any atom is -0.369 e. The molecule has 2 rings (SSSR count). The summed E-state index contributed by atoms with van der Waals surface area (Å²) in [5.41, 5.74) is 1.07. The van der Waals surface area contributed by atoms with Crippen LogP contribution in [0, 0.1) is 29.0 Å². The lowest BCUT2D eigenvalue weighted by Crippen LogP contribution is -2.40. The Morgan fingerprint density at radius 3 is 2.78 bits per heavy atom. The van der Waals surface area contributed by atoms with Gasteiger partial charge in [-0.15, -0.1) is 0 Å². The van der Waals surface area contributed by atoms with E-state index in [1.165, 1.54) is 12.1 Å². The van der Waals surface area contributed by atoms with Crippen LogP contribution in [0.5, 0.6) is 0 Å². The van der Waals surface area contributed by atoms with Gasteiger partial charge in [-0.25, -0.2) is 9.37 Å². The Hall–Kier alpha value is -3.69. The van der Waals surface area contributed by atoms with Crippen LogP contribution in [0.4, 0.5) is 21.8 Å². The first-order valence-electron chi connectivity index (χ1n) is 10.5. The van der Waals surface area contributed by atoms with Crippen molar-refractivity contribution < 1.29 is 9.18 Å². The summed E-state index contributed by atoms with van der Waals surface area (Å²) in [6.07, 6.45) is 3.87. The summed E-state index contributed by atoms with van der Waals surface area (Å²) in [6.45, 7) is 5.12. The molecule has 0 radical (unpaired) electrons. The van der Waals surface area contributed by atoms with Gasteiger partial charge in [-0.3, -0.25) is 4.79 Å². The maximum absolute atomic E-state index is 13.8. The number of likely N-dealkylation sites (N-methyl/N-ethyl adjacent to an activating group) is 1. The second-order valence-corrected chi connectivity index (χ2v) is 7.02. The highest BCUT2D eigenvalue weighted by Gasteiger charge is 2.09. The average molecular weight is 438 g/mol. The Balaban J connectivity index is 2.02. The number of hydrogen-bond acceptors (Lipinski definition) is 7. The summed E-state index contributed by atoms with van der Waals surface area (Å²) in [5.74, 6) is 6.39. The van der Waals surface area contributed by atoms with Gasteiger partial charge >= 0.3 is 0 Å². The number of carbonyl (C=O) groups excluding carboxylic acids is 1. The molecule has 32 heavy (non-hydrogen) atoms. The number of anilines is 3. The molecule has 2 aromatic rings. The van der Waals surface area contributed by atoms with Crippen LogP contribution in [-0.4, -0.2) is 42.1 Å². The number of benzene rings is 1. The maximum atomic E-state index is 13.8. The van der Waals surface area contributed by atoms with E-state index in [0.717, 1.165) is 12.8 Å². The number of hydrogen-bond donors (Lipinski definition) is 4. The van der Waals surface area contributed by atoms with Crippen molar-refractivity contribution >= 4 is 23.4 Å². The number of carbonyl (C=O) groups is 1. The minimum atomic E-state index is -0.610. The third-order valence-electron chi connectivity index (χ3n) is 4.50. The normalized spacial score (nSPS) is 11.0. The molecule has 4 N–H and O–H groups in total. The molecule has 0 aliphatic heterocycles. The molecule has 0 fully saturated rings. The molecular formula is C23H28FN7O. The molecule has 1 atom stereocenters. The SMILES string of the molecule is CCCNc1nc(Nc2ccc(C#N)c(F)c2)ncc1C#CCCCNC(=O)[C@H](C)NC. The molecule has 0 unspecified atom stereocenters. The van der Waals surface area contributed by atoms with Crippen molar-refractivity contribution in [3.8, 4) is 17.9 Å². The number of nitrogens with one attached hydrogen (secondary N) is 4. The van der Waals surface area contributed by atoms with E-state index in [1.54, 1.807) is 32.3 Å². The lowest BCUT2D eigenvalue weighted by molar-refractivity contribution is -0.122. The highest BCUT2D eigenvalue weighted by Crippen LogP contribution is 2.19. The molecule has 0 aliphatic rings. The molecular weight excluding hydrogens is 409 g/mol. The molecule has 9 heteroatoms. The molecule has 0 bridgehead atoms. The predicted octanol–water partition coefficient (Wildman–Crippen LogP) is 2.91. The van der Waals surface area contributed by atoms with Crippen LogP contribution in [0.15, 0.2) is 24.4 Å². The summed E-state index contributed by atoms with van der Waals surface area (Å²) in [4.78, 5) is 20.4. The topological polar surface area (TPSA) is 115 Å². The smallest absolute Gasteiger partial charge is 0.236 e. The molecule has 0 saturated carbocycles.